The summed E-state index contributed by atoms with van der Waals surface area (Å²) in [5.41, 5.74) is 5.14. The fraction of sp³-hybridized carbons (Fsp3) is 0.214. The number of rotatable bonds is 0. The smallest absolute Gasteiger partial charge is 0.0675 e. The third-order valence-electron chi connectivity index (χ3n) is 3.25. The Bertz CT molecular complexity index is 693. The molecule has 0 unspecified atom stereocenters. The van der Waals surface area contributed by atoms with Crippen molar-refractivity contribution in [3.63, 3.8) is 0 Å². The maximum Gasteiger partial charge on any atom is 0.0675 e. The Morgan fingerprint density at radius 2 is 1.94 bits per heavy atom. The molecule has 0 spiro atoms. The molecule has 2 nitrogen and oxygen atoms in total. The van der Waals surface area contributed by atoms with Crippen molar-refractivity contribution in [1.82, 2.24) is 9.55 Å². The summed E-state index contributed by atoms with van der Waals surface area (Å²) in [7, 11) is 2.10. The molecule has 0 aliphatic carbocycles. The third-order valence-corrected chi connectivity index (χ3v) is 3.25. The highest BCUT2D eigenvalue weighted by atomic mass is 14.9. The lowest BCUT2D eigenvalue weighted by molar-refractivity contribution is 1.01. The molecule has 0 fully saturated rings. The molecule has 3 aromatic rings. The summed E-state index contributed by atoms with van der Waals surface area (Å²) in [6.45, 7) is 4.32. The van der Waals surface area contributed by atoms with Gasteiger partial charge in [-0.05, 0) is 37.1 Å². The number of nitrogens with zero attached hydrogens (tertiary/aromatic N) is 2. The summed E-state index contributed by atoms with van der Waals surface area (Å²) in [6, 6.07) is 6.57. The highest BCUT2D eigenvalue weighted by molar-refractivity contribution is 6.09. The van der Waals surface area contributed by atoms with Crippen LogP contribution in [0.1, 0.15) is 11.1 Å². The second-order valence-corrected chi connectivity index (χ2v) is 4.43. The van der Waals surface area contributed by atoms with Gasteiger partial charge in [0.1, 0.15) is 0 Å². The number of fused-ring (bicyclic) bond motifs is 3. The molecule has 0 saturated carbocycles. The van der Waals surface area contributed by atoms with Crippen molar-refractivity contribution in [2.45, 2.75) is 13.8 Å². The van der Waals surface area contributed by atoms with Crippen molar-refractivity contribution in [3.05, 3.63) is 41.7 Å². The quantitative estimate of drug-likeness (QED) is 0.556. The molecular formula is C14H14N2. The molecule has 0 N–H and O–H groups in total. The Hall–Kier alpha value is -1.83. The summed E-state index contributed by atoms with van der Waals surface area (Å²) in [5.74, 6) is 0. The molecule has 2 heterocycles. The molecule has 0 radical (unpaired) electrons. The van der Waals surface area contributed by atoms with E-state index in [0.29, 0.717) is 0 Å². The lowest BCUT2D eigenvalue weighted by Gasteiger charge is -2.01. The van der Waals surface area contributed by atoms with E-state index in [2.05, 4.69) is 48.6 Å². The predicted octanol–water partition coefficient (Wildman–Crippen LogP) is 3.34. The molecule has 80 valence electrons. The van der Waals surface area contributed by atoms with Crippen LogP contribution in [0.5, 0.6) is 0 Å². The minimum Gasteiger partial charge on any atom is -0.342 e. The zero-order chi connectivity index (χ0) is 11.3. The molecule has 2 heteroatoms. The Balaban J connectivity index is 2.67. The minimum atomic E-state index is 1.20. The highest BCUT2D eigenvalue weighted by Crippen LogP contribution is 2.30. The fourth-order valence-corrected chi connectivity index (χ4v) is 2.55. The van der Waals surface area contributed by atoms with E-state index in [1.54, 1.807) is 0 Å². The van der Waals surface area contributed by atoms with Gasteiger partial charge in [-0.2, -0.15) is 0 Å². The van der Waals surface area contributed by atoms with E-state index in [1.807, 2.05) is 12.4 Å². The van der Waals surface area contributed by atoms with Crippen LogP contribution in [-0.2, 0) is 7.05 Å². The molecule has 0 aliphatic heterocycles. The van der Waals surface area contributed by atoms with Gasteiger partial charge in [-0.15, -0.1) is 0 Å². The topological polar surface area (TPSA) is 17.8 Å². The predicted molar refractivity (Wildman–Crippen MR) is 67.7 cm³/mol. The molecule has 0 aliphatic rings. The summed E-state index contributed by atoms with van der Waals surface area (Å²) in [4.78, 5) is 4.20. The molecule has 1 aromatic carbocycles. The lowest BCUT2D eigenvalue weighted by atomic mass is 10.1. The summed E-state index contributed by atoms with van der Waals surface area (Å²) < 4.78 is 2.22. The van der Waals surface area contributed by atoms with Gasteiger partial charge in [-0.1, -0.05) is 6.07 Å². The van der Waals surface area contributed by atoms with Crippen LogP contribution in [0.15, 0.2) is 30.6 Å². The number of pyridine rings is 1. The summed E-state index contributed by atoms with van der Waals surface area (Å²) in [6.07, 6.45) is 3.80. The second-order valence-electron chi connectivity index (χ2n) is 4.43. The maximum atomic E-state index is 4.20. The molecule has 3 rings (SSSR count). The number of aryl methyl sites for hydroxylation is 3. The minimum absolute atomic E-state index is 1.20. The van der Waals surface area contributed by atoms with Crippen molar-refractivity contribution in [3.8, 4) is 0 Å². The highest BCUT2D eigenvalue weighted by Gasteiger charge is 2.10. The third kappa shape index (κ3) is 1.10. The zero-order valence-electron chi connectivity index (χ0n) is 9.78. The normalized spacial score (nSPS) is 11.4. The van der Waals surface area contributed by atoms with Gasteiger partial charge in [0, 0.05) is 29.5 Å². The standard InChI is InChI=1S/C14H14N2/c1-9-6-10(2)14-11-4-5-15-8-13(11)16(3)12(14)7-9/h4-8H,1-3H3. The van der Waals surface area contributed by atoms with Gasteiger partial charge in [0.05, 0.1) is 11.7 Å². The number of aromatic nitrogens is 2. The first kappa shape index (κ1) is 9.40. The van der Waals surface area contributed by atoms with E-state index < -0.39 is 0 Å². The number of hydrogen-bond acceptors (Lipinski definition) is 1. The van der Waals surface area contributed by atoms with Crippen LogP contribution >= 0.6 is 0 Å². The van der Waals surface area contributed by atoms with E-state index in [1.165, 1.54) is 32.9 Å². The van der Waals surface area contributed by atoms with Gasteiger partial charge < -0.3 is 4.57 Å². The van der Waals surface area contributed by atoms with Gasteiger partial charge in [-0.25, -0.2) is 0 Å². The van der Waals surface area contributed by atoms with Crippen molar-refractivity contribution in [2.75, 3.05) is 0 Å². The Kier molecular flexibility index (Phi) is 1.81. The molecule has 0 atom stereocenters. The first-order valence-corrected chi connectivity index (χ1v) is 5.48. The fourth-order valence-electron chi connectivity index (χ4n) is 2.55. The largest absolute Gasteiger partial charge is 0.342 e. The van der Waals surface area contributed by atoms with Gasteiger partial charge >= 0.3 is 0 Å². The molecule has 0 bridgehead atoms. The van der Waals surface area contributed by atoms with E-state index in [-0.39, 0.29) is 0 Å². The van der Waals surface area contributed by atoms with Crippen molar-refractivity contribution in [1.29, 1.82) is 0 Å². The van der Waals surface area contributed by atoms with E-state index >= 15 is 0 Å². The van der Waals surface area contributed by atoms with Crippen LogP contribution in [-0.4, -0.2) is 9.55 Å². The Morgan fingerprint density at radius 1 is 1.12 bits per heavy atom. The van der Waals surface area contributed by atoms with Gasteiger partial charge in [-0.3, -0.25) is 4.98 Å². The van der Waals surface area contributed by atoms with Crippen LogP contribution in [0.3, 0.4) is 0 Å². The SMILES string of the molecule is Cc1cc(C)c2c3ccncc3n(C)c2c1. The molecular weight excluding hydrogens is 196 g/mol. The summed E-state index contributed by atoms with van der Waals surface area (Å²) >= 11 is 0. The molecule has 2 aromatic heterocycles. The molecule has 16 heavy (non-hydrogen) atoms. The van der Waals surface area contributed by atoms with Crippen LogP contribution in [0.4, 0.5) is 0 Å². The van der Waals surface area contributed by atoms with E-state index in [9.17, 15) is 0 Å². The average Bonchev–Trinajstić information content (AvgIpc) is 2.54. The maximum absolute atomic E-state index is 4.20. The van der Waals surface area contributed by atoms with Crippen molar-refractivity contribution in [2.24, 2.45) is 7.05 Å². The molecule has 0 saturated heterocycles. The number of hydrogen-bond donors (Lipinski definition) is 0. The first-order chi connectivity index (χ1) is 7.68. The van der Waals surface area contributed by atoms with Crippen molar-refractivity contribution < 1.29 is 0 Å². The van der Waals surface area contributed by atoms with Crippen LogP contribution in [0.25, 0.3) is 21.8 Å². The van der Waals surface area contributed by atoms with Gasteiger partial charge in [0.2, 0.25) is 0 Å². The van der Waals surface area contributed by atoms with Crippen LogP contribution in [0.2, 0.25) is 0 Å². The summed E-state index contributed by atoms with van der Waals surface area (Å²) in [5, 5.41) is 2.65. The monoisotopic (exact) mass is 210 g/mol. The average molecular weight is 210 g/mol. The van der Waals surface area contributed by atoms with Crippen molar-refractivity contribution >= 4 is 21.8 Å². The van der Waals surface area contributed by atoms with Gasteiger partial charge in [0.25, 0.3) is 0 Å². The van der Waals surface area contributed by atoms with E-state index in [0.717, 1.165) is 0 Å². The van der Waals surface area contributed by atoms with Crippen LogP contribution in [0, 0.1) is 13.8 Å². The zero-order valence-corrected chi connectivity index (χ0v) is 9.78. The Labute approximate surface area is 94.5 Å². The van der Waals surface area contributed by atoms with E-state index in [4.69, 9.17) is 0 Å². The van der Waals surface area contributed by atoms with Crippen LogP contribution < -0.4 is 0 Å². The van der Waals surface area contributed by atoms with Gasteiger partial charge in [0.15, 0.2) is 0 Å². The lowest BCUT2D eigenvalue weighted by Crippen LogP contribution is -1.87. The number of benzene rings is 1. The second kappa shape index (κ2) is 3.08. The Morgan fingerprint density at radius 3 is 2.75 bits per heavy atom. The first-order valence-electron chi connectivity index (χ1n) is 5.48. The molecule has 0 amide bonds.